The summed E-state index contributed by atoms with van der Waals surface area (Å²) in [6, 6.07) is 0.398. The van der Waals surface area contributed by atoms with Crippen LogP contribution in [0.5, 0.6) is 0 Å². The van der Waals surface area contributed by atoms with Crippen molar-refractivity contribution in [3.63, 3.8) is 0 Å². The maximum absolute atomic E-state index is 12.7. The number of amides is 2. The monoisotopic (exact) mass is 839 g/mol. The minimum atomic E-state index is -0.115. The third-order valence-electron chi connectivity index (χ3n) is 11.5. The number of rotatable bonds is 40. The summed E-state index contributed by atoms with van der Waals surface area (Å²) in [6.45, 7) is 13.3. The quantitative estimate of drug-likeness (QED) is 0.0267. The summed E-state index contributed by atoms with van der Waals surface area (Å²) in [6.07, 6.45) is 26.6. The highest BCUT2D eigenvalue weighted by atomic mass is 32.2. The van der Waals surface area contributed by atoms with Crippen LogP contribution >= 0.6 is 11.8 Å². The molecule has 0 aromatic heterocycles. The van der Waals surface area contributed by atoms with Crippen molar-refractivity contribution in [3.8, 4) is 0 Å². The smallest absolute Gasteiger partial charge is 0.315 e. The van der Waals surface area contributed by atoms with Crippen LogP contribution in [-0.4, -0.2) is 116 Å². The van der Waals surface area contributed by atoms with Crippen LogP contribution in [0.25, 0.3) is 0 Å². The average molecular weight is 839 g/mol. The molecule has 2 aliphatic heterocycles. The van der Waals surface area contributed by atoms with Gasteiger partial charge in [-0.25, -0.2) is 4.79 Å². The van der Waals surface area contributed by atoms with Gasteiger partial charge in [0.25, 0.3) is 0 Å². The summed E-state index contributed by atoms with van der Waals surface area (Å²) in [5.74, 6) is 0.653. The largest absolute Gasteiger partial charge is 0.466 e. The molecule has 0 saturated carbocycles. The van der Waals surface area contributed by atoms with Gasteiger partial charge >= 0.3 is 23.9 Å². The van der Waals surface area contributed by atoms with Gasteiger partial charge in [0.1, 0.15) is 0 Å². The molecule has 0 radical (unpaired) electrons. The normalized spacial score (nSPS) is 17.4. The fraction of sp³-hybridized carbons (Fsp3) is 0.913. The number of urea groups is 1. The van der Waals surface area contributed by atoms with Gasteiger partial charge in [-0.3, -0.25) is 14.4 Å². The van der Waals surface area contributed by atoms with Crippen molar-refractivity contribution in [1.29, 1.82) is 0 Å². The number of thioether (sulfide) groups is 1. The van der Waals surface area contributed by atoms with Gasteiger partial charge in [0.05, 0.1) is 44.7 Å². The number of hydrogen-bond donors (Lipinski definition) is 2. The van der Waals surface area contributed by atoms with Crippen LogP contribution in [0, 0.1) is 0 Å². The standard InChI is InChI=1S/C46H86N4O7S/c1-4-7-10-12-15-22-37-56-43(52)28-34-49(30-20-9-6-3)32-25-33-50(35-29-44(53)57-38-23-16-13-11-8-5-2)31-21-14-17-24-36-55-42(51)27-19-18-26-41-45-40(39-58-41)47-46(54)48-45/h40-41,45H,4-39H2,1-3H3,(H2,47,48,54). The van der Waals surface area contributed by atoms with E-state index in [1.165, 1.54) is 64.2 Å². The molecule has 2 amide bonds. The molecule has 0 aromatic rings. The number of nitrogens with zero attached hydrogens (tertiary/aromatic N) is 2. The second-order valence-electron chi connectivity index (χ2n) is 16.7. The van der Waals surface area contributed by atoms with Gasteiger partial charge in [0, 0.05) is 30.5 Å². The van der Waals surface area contributed by atoms with Crippen molar-refractivity contribution in [3.05, 3.63) is 0 Å². The van der Waals surface area contributed by atoms with Crippen molar-refractivity contribution in [2.45, 2.75) is 205 Å². The first-order valence-electron chi connectivity index (χ1n) is 24.0. The lowest BCUT2D eigenvalue weighted by Crippen LogP contribution is -2.36. The molecule has 0 spiro atoms. The van der Waals surface area contributed by atoms with E-state index in [1.54, 1.807) is 0 Å². The Labute approximate surface area is 358 Å². The summed E-state index contributed by atoms with van der Waals surface area (Å²) in [7, 11) is 0. The lowest BCUT2D eigenvalue weighted by molar-refractivity contribution is -0.145. The van der Waals surface area contributed by atoms with Gasteiger partial charge in [0.2, 0.25) is 0 Å². The van der Waals surface area contributed by atoms with E-state index in [2.05, 4.69) is 41.2 Å². The molecule has 3 unspecified atom stereocenters. The van der Waals surface area contributed by atoms with E-state index in [0.717, 1.165) is 122 Å². The molecule has 338 valence electrons. The molecule has 2 aliphatic rings. The lowest BCUT2D eigenvalue weighted by atomic mass is 10.0. The topological polar surface area (TPSA) is 127 Å². The second-order valence-corrected chi connectivity index (χ2v) is 18.0. The zero-order chi connectivity index (χ0) is 41.9. The highest BCUT2D eigenvalue weighted by molar-refractivity contribution is 8.00. The zero-order valence-electron chi connectivity index (χ0n) is 37.3. The molecular weight excluding hydrogens is 753 g/mol. The molecule has 2 saturated heterocycles. The molecule has 12 heteroatoms. The Bertz CT molecular complexity index is 1070. The summed E-state index contributed by atoms with van der Waals surface area (Å²) in [4.78, 5) is 53.9. The minimum Gasteiger partial charge on any atom is -0.466 e. The first-order valence-corrected chi connectivity index (χ1v) is 25.0. The van der Waals surface area contributed by atoms with E-state index in [-0.39, 0.29) is 36.0 Å². The SMILES string of the molecule is CCCCCCCCOC(=O)CCN(CCCCC)CCCN(CCCCCCOC(=O)CCCCC1SCC2NC(=O)NC21)CCC(=O)OCCCCCCCC. The molecular formula is C46H86N4O7S. The van der Waals surface area contributed by atoms with E-state index in [1.807, 2.05) is 11.8 Å². The molecule has 11 nitrogen and oxygen atoms in total. The highest BCUT2D eigenvalue weighted by Gasteiger charge is 2.42. The Kier molecular flexibility index (Phi) is 32.0. The van der Waals surface area contributed by atoms with Crippen LogP contribution in [0.3, 0.4) is 0 Å². The minimum absolute atomic E-state index is 0.0565. The predicted molar refractivity (Wildman–Crippen MR) is 238 cm³/mol. The van der Waals surface area contributed by atoms with Gasteiger partial charge in [-0.2, -0.15) is 11.8 Å². The van der Waals surface area contributed by atoms with E-state index in [4.69, 9.17) is 14.2 Å². The molecule has 2 rings (SSSR count). The van der Waals surface area contributed by atoms with Crippen molar-refractivity contribution < 1.29 is 33.4 Å². The van der Waals surface area contributed by atoms with E-state index in [9.17, 15) is 19.2 Å². The molecule has 0 aliphatic carbocycles. The van der Waals surface area contributed by atoms with Gasteiger partial charge in [0.15, 0.2) is 0 Å². The molecule has 2 heterocycles. The van der Waals surface area contributed by atoms with Crippen LogP contribution < -0.4 is 10.6 Å². The Balaban J connectivity index is 1.68. The van der Waals surface area contributed by atoms with Gasteiger partial charge < -0.3 is 34.6 Å². The predicted octanol–water partition coefficient (Wildman–Crippen LogP) is 9.59. The molecule has 0 aromatic carbocycles. The van der Waals surface area contributed by atoms with Crippen LogP contribution in [0.1, 0.15) is 188 Å². The Hall–Kier alpha value is -2.05. The zero-order valence-corrected chi connectivity index (χ0v) is 38.2. The number of nitrogens with one attached hydrogen (secondary N) is 2. The molecule has 2 N–H and O–H groups in total. The third kappa shape index (κ3) is 26.9. The first kappa shape index (κ1) is 52.1. The van der Waals surface area contributed by atoms with Crippen molar-refractivity contribution >= 4 is 35.7 Å². The van der Waals surface area contributed by atoms with Gasteiger partial charge in [-0.05, 0) is 77.5 Å². The Morgan fingerprint density at radius 1 is 0.517 bits per heavy atom. The first-order chi connectivity index (χ1) is 28.4. The van der Waals surface area contributed by atoms with E-state index in [0.29, 0.717) is 50.9 Å². The van der Waals surface area contributed by atoms with Crippen molar-refractivity contribution in [2.24, 2.45) is 0 Å². The molecule has 0 bridgehead atoms. The maximum atomic E-state index is 12.7. The van der Waals surface area contributed by atoms with Crippen LogP contribution in [0.15, 0.2) is 0 Å². The average Bonchev–Trinajstić information content (AvgIpc) is 3.77. The molecule has 3 atom stereocenters. The second kappa shape index (κ2) is 35.7. The Morgan fingerprint density at radius 2 is 0.948 bits per heavy atom. The third-order valence-corrected chi connectivity index (χ3v) is 13.0. The lowest BCUT2D eigenvalue weighted by Gasteiger charge is -2.26. The van der Waals surface area contributed by atoms with Crippen LogP contribution in [0.2, 0.25) is 0 Å². The highest BCUT2D eigenvalue weighted by Crippen LogP contribution is 2.33. The van der Waals surface area contributed by atoms with Crippen molar-refractivity contribution in [2.75, 3.05) is 64.8 Å². The number of carbonyl (C=O) groups excluding carboxylic acids is 4. The maximum Gasteiger partial charge on any atom is 0.315 e. The van der Waals surface area contributed by atoms with Gasteiger partial charge in [-0.1, -0.05) is 117 Å². The summed E-state index contributed by atoms with van der Waals surface area (Å²) in [5, 5.41) is 6.44. The van der Waals surface area contributed by atoms with Crippen LogP contribution in [-0.2, 0) is 28.6 Å². The van der Waals surface area contributed by atoms with Crippen molar-refractivity contribution in [1.82, 2.24) is 20.4 Å². The summed E-state index contributed by atoms with van der Waals surface area (Å²) in [5.41, 5.74) is 0. The van der Waals surface area contributed by atoms with Crippen LogP contribution in [0.4, 0.5) is 4.79 Å². The summed E-state index contributed by atoms with van der Waals surface area (Å²) >= 11 is 1.91. The Morgan fingerprint density at radius 3 is 1.48 bits per heavy atom. The molecule has 58 heavy (non-hydrogen) atoms. The van der Waals surface area contributed by atoms with E-state index < -0.39 is 0 Å². The number of esters is 3. The number of unbranched alkanes of at least 4 members (excludes halogenated alkanes) is 16. The number of ether oxygens (including phenoxy) is 3. The van der Waals surface area contributed by atoms with E-state index >= 15 is 0 Å². The molecule has 2 fully saturated rings. The van der Waals surface area contributed by atoms with Gasteiger partial charge in [-0.15, -0.1) is 0 Å². The number of fused-ring (bicyclic) bond motifs is 1. The fourth-order valence-corrected chi connectivity index (χ4v) is 9.40. The fourth-order valence-electron chi connectivity index (χ4n) is 7.86. The number of hydrogen-bond acceptors (Lipinski definition) is 10. The number of carbonyl (C=O) groups is 4. The summed E-state index contributed by atoms with van der Waals surface area (Å²) < 4.78 is 16.7.